The number of nitrogen functional groups attached to an aromatic ring is 1. The standard InChI is InChI=1S/C17H28N2OS/c1-4-6-10-19(11-7-5-2)17(20)13-21-16-12-15(18)9-8-14(16)3/h8-9,12H,4-7,10-11,13,18H2,1-3H3. The summed E-state index contributed by atoms with van der Waals surface area (Å²) >= 11 is 1.59. The number of hydrogen-bond acceptors (Lipinski definition) is 3. The highest BCUT2D eigenvalue weighted by Gasteiger charge is 2.13. The van der Waals surface area contributed by atoms with Crippen LogP contribution in [0.1, 0.15) is 45.1 Å². The Hall–Kier alpha value is -1.16. The van der Waals surface area contributed by atoms with Crippen LogP contribution in [0.25, 0.3) is 0 Å². The van der Waals surface area contributed by atoms with Crippen molar-refractivity contribution >= 4 is 23.4 Å². The number of unbranched alkanes of at least 4 members (excludes halogenated alkanes) is 2. The van der Waals surface area contributed by atoms with Crippen molar-refractivity contribution in [2.45, 2.75) is 51.3 Å². The molecule has 0 heterocycles. The molecule has 0 aliphatic heterocycles. The predicted molar refractivity (Wildman–Crippen MR) is 92.7 cm³/mol. The topological polar surface area (TPSA) is 46.3 Å². The second-order valence-corrected chi connectivity index (χ2v) is 6.42. The first kappa shape index (κ1) is 17.9. The van der Waals surface area contributed by atoms with Crippen molar-refractivity contribution in [1.82, 2.24) is 4.90 Å². The maximum absolute atomic E-state index is 12.4. The third kappa shape index (κ3) is 6.42. The molecule has 0 aliphatic rings. The molecule has 0 bridgehead atoms. The molecule has 3 nitrogen and oxygen atoms in total. The van der Waals surface area contributed by atoms with E-state index in [2.05, 4.69) is 20.8 Å². The minimum absolute atomic E-state index is 0.240. The highest BCUT2D eigenvalue weighted by molar-refractivity contribution is 8.00. The Morgan fingerprint density at radius 3 is 2.38 bits per heavy atom. The molecule has 0 fully saturated rings. The molecule has 4 heteroatoms. The third-order valence-corrected chi connectivity index (χ3v) is 4.62. The molecule has 0 aromatic heterocycles. The van der Waals surface area contributed by atoms with E-state index in [0.717, 1.165) is 49.4 Å². The second-order valence-electron chi connectivity index (χ2n) is 5.40. The van der Waals surface area contributed by atoms with Crippen LogP contribution in [-0.2, 0) is 4.79 Å². The molecule has 0 atom stereocenters. The van der Waals surface area contributed by atoms with E-state index in [0.29, 0.717) is 5.75 Å². The summed E-state index contributed by atoms with van der Waals surface area (Å²) in [4.78, 5) is 15.5. The molecule has 118 valence electrons. The van der Waals surface area contributed by atoms with Gasteiger partial charge in [-0.25, -0.2) is 0 Å². The molecule has 0 saturated heterocycles. The van der Waals surface area contributed by atoms with Crippen LogP contribution in [0.2, 0.25) is 0 Å². The SMILES string of the molecule is CCCCN(CCCC)C(=O)CSc1cc(N)ccc1C. The Kier molecular flexibility index (Phi) is 8.28. The first-order valence-electron chi connectivity index (χ1n) is 7.85. The largest absolute Gasteiger partial charge is 0.399 e. The number of amides is 1. The zero-order valence-electron chi connectivity index (χ0n) is 13.5. The number of benzene rings is 1. The van der Waals surface area contributed by atoms with Crippen molar-refractivity contribution in [3.05, 3.63) is 23.8 Å². The number of aryl methyl sites for hydroxylation is 1. The second kappa shape index (κ2) is 9.72. The minimum atomic E-state index is 0.240. The number of hydrogen-bond donors (Lipinski definition) is 1. The average Bonchev–Trinajstić information content (AvgIpc) is 2.48. The minimum Gasteiger partial charge on any atom is -0.399 e. The van der Waals surface area contributed by atoms with E-state index in [9.17, 15) is 4.79 Å². The number of thioether (sulfide) groups is 1. The quantitative estimate of drug-likeness (QED) is 0.552. The Morgan fingerprint density at radius 1 is 1.19 bits per heavy atom. The summed E-state index contributed by atoms with van der Waals surface area (Å²) in [7, 11) is 0. The van der Waals surface area contributed by atoms with E-state index in [4.69, 9.17) is 5.73 Å². The number of carbonyl (C=O) groups is 1. The van der Waals surface area contributed by atoms with Gasteiger partial charge in [-0.05, 0) is 37.5 Å². The highest BCUT2D eigenvalue weighted by Crippen LogP contribution is 2.25. The molecule has 1 aromatic rings. The zero-order chi connectivity index (χ0) is 15.7. The van der Waals surface area contributed by atoms with Gasteiger partial charge >= 0.3 is 0 Å². The van der Waals surface area contributed by atoms with Crippen LogP contribution in [0.4, 0.5) is 5.69 Å². The normalized spacial score (nSPS) is 10.6. The van der Waals surface area contributed by atoms with E-state index >= 15 is 0 Å². The van der Waals surface area contributed by atoms with Crippen LogP contribution in [-0.4, -0.2) is 29.6 Å². The summed E-state index contributed by atoms with van der Waals surface area (Å²) < 4.78 is 0. The van der Waals surface area contributed by atoms with Crippen LogP contribution in [0.5, 0.6) is 0 Å². The fourth-order valence-corrected chi connectivity index (χ4v) is 3.04. The lowest BCUT2D eigenvalue weighted by molar-refractivity contribution is -0.128. The average molecular weight is 308 g/mol. The van der Waals surface area contributed by atoms with Gasteiger partial charge in [-0.2, -0.15) is 0 Å². The first-order chi connectivity index (χ1) is 10.1. The molecule has 1 aromatic carbocycles. The van der Waals surface area contributed by atoms with Crippen LogP contribution < -0.4 is 5.73 Å². The van der Waals surface area contributed by atoms with Gasteiger partial charge in [0.1, 0.15) is 0 Å². The van der Waals surface area contributed by atoms with Gasteiger partial charge < -0.3 is 10.6 Å². The Bertz CT molecular complexity index is 440. The van der Waals surface area contributed by atoms with Crippen molar-refractivity contribution in [3.63, 3.8) is 0 Å². The van der Waals surface area contributed by atoms with Gasteiger partial charge in [-0.15, -0.1) is 11.8 Å². The van der Waals surface area contributed by atoms with Crippen LogP contribution >= 0.6 is 11.8 Å². The summed E-state index contributed by atoms with van der Waals surface area (Å²) in [6, 6.07) is 5.86. The Morgan fingerprint density at radius 2 is 1.81 bits per heavy atom. The van der Waals surface area contributed by atoms with Gasteiger partial charge in [0.05, 0.1) is 5.75 Å². The molecule has 0 radical (unpaired) electrons. The fraction of sp³-hybridized carbons (Fsp3) is 0.588. The summed E-state index contributed by atoms with van der Waals surface area (Å²) in [6.07, 6.45) is 4.41. The van der Waals surface area contributed by atoms with Gasteiger partial charge in [0.2, 0.25) is 5.91 Å². The van der Waals surface area contributed by atoms with Gasteiger partial charge in [-0.3, -0.25) is 4.79 Å². The van der Waals surface area contributed by atoms with Crippen LogP contribution in [0, 0.1) is 6.92 Å². The van der Waals surface area contributed by atoms with Crippen molar-refractivity contribution in [3.8, 4) is 0 Å². The summed E-state index contributed by atoms with van der Waals surface area (Å²) in [6.45, 7) is 8.14. The van der Waals surface area contributed by atoms with E-state index in [1.165, 1.54) is 5.56 Å². The van der Waals surface area contributed by atoms with Crippen molar-refractivity contribution in [1.29, 1.82) is 0 Å². The summed E-state index contributed by atoms with van der Waals surface area (Å²) in [5, 5.41) is 0. The molecule has 0 saturated carbocycles. The van der Waals surface area contributed by atoms with Crippen molar-refractivity contribution in [2.75, 3.05) is 24.6 Å². The van der Waals surface area contributed by atoms with Gasteiger partial charge in [0, 0.05) is 23.7 Å². The number of nitrogens with zero attached hydrogens (tertiary/aromatic N) is 1. The van der Waals surface area contributed by atoms with E-state index in [1.807, 2.05) is 23.1 Å². The lowest BCUT2D eigenvalue weighted by Gasteiger charge is -2.22. The molecule has 1 rings (SSSR count). The molecular weight excluding hydrogens is 280 g/mol. The Balaban J connectivity index is 2.57. The maximum Gasteiger partial charge on any atom is 0.232 e. The first-order valence-corrected chi connectivity index (χ1v) is 8.83. The fourth-order valence-electron chi connectivity index (χ4n) is 2.06. The molecule has 1 amide bonds. The van der Waals surface area contributed by atoms with Crippen LogP contribution in [0.3, 0.4) is 0 Å². The molecule has 2 N–H and O–H groups in total. The van der Waals surface area contributed by atoms with Crippen molar-refractivity contribution < 1.29 is 4.79 Å². The number of nitrogens with two attached hydrogens (primary N) is 1. The Labute approximate surface area is 133 Å². The molecule has 0 unspecified atom stereocenters. The van der Waals surface area contributed by atoms with Gasteiger partial charge in [-0.1, -0.05) is 32.8 Å². The van der Waals surface area contributed by atoms with E-state index < -0.39 is 0 Å². The molecular formula is C17H28N2OS. The van der Waals surface area contributed by atoms with Gasteiger partial charge in [0.15, 0.2) is 0 Å². The summed E-state index contributed by atoms with van der Waals surface area (Å²) in [5.74, 6) is 0.737. The number of anilines is 1. The highest BCUT2D eigenvalue weighted by atomic mass is 32.2. The monoisotopic (exact) mass is 308 g/mol. The maximum atomic E-state index is 12.4. The lowest BCUT2D eigenvalue weighted by Crippen LogP contribution is -2.34. The van der Waals surface area contributed by atoms with E-state index in [-0.39, 0.29) is 5.91 Å². The van der Waals surface area contributed by atoms with Crippen molar-refractivity contribution in [2.24, 2.45) is 0 Å². The zero-order valence-corrected chi connectivity index (χ0v) is 14.3. The molecule has 21 heavy (non-hydrogen) atoms. The number of rotatable bonds is 9. The smallest absolute Gasteiger partial charge is 0.232 e. The predicted octanol–water partition coefficient (Wildman–Crippen LogP) is 4.10. The lowest BCUT2D eigenvalue weighted by atomic mass is 10.2. The summed E-state index contributed by atoms with van der Waals surface area (Å²) in [5.41, 5.74) is 7.75. The van der Waals surface area contributed by atoms with Gasteiger partial charge in [0.25, 0.3) is 0 Å². The van der Waals surface area contributed by atoms with E-state index in [1.54, 1.807) is 11.8 Å². The number of carbonyl (C=O) groups excluding carboxylic acids is 1. The van der Waals surface area contributed by atoms with Crippen LogP contribution in [0.15, 0.2) is 23.1 Å². The molecule has 0 spiro atoms. The third-order valence-electron chi connectivity index (χ3n) is 3.48. The molecule has 0 aliphatic carbocycles.